The van der Waals surface area contributed by atoms with E-state index >= 15 is 0 Å². The summed E-state index contributed by atoms with van der Waals surface area (Å²) in [5.41, 5.74) is 0.504. The molecule has 1 aromatic heterocycles. The summed E-state index contributed by atoms with van der Waals surface area (Å²) in [4.78, 5) is 15.8. The molecule has 3 rings (SSSR count). The topological polar surface area (TPSA) is 56.1 Å². The Kier molecular flexibility index (Phi) is 5.61. The molecule has 0 aliphatic heterocycles. The number of ether oxygens (including phenoxy) is 1. The van der Waals surface area contributed by atoms with Crippen LogP contribution in [0, 0.1) is 11.6 Å². The molecule has 27 heavy (non-hydrogen) atoms. The fourth-order valence-electron chi connectivity index (χ4n) is 2.38. The van der Waals surface area contributed by atoms with Gasteiger partial charge in [-0.1, -0.05) is 30.3 Å². The predicted molar refractivity (Wildman–Crippen MR) is 100 cm³/mol. The van der Waals surface area contributed by atoms with Crippen LogP contribution < -0.4 is 15.7 Å². The Bertz CT molecular complexity index is 1010. The van der Waals surface area contributed by atoms with Gasteiger partial charge >= 0.3 is 5.69 Å². The fraction of sp³-hybridized carbons (Fsp3) is 0.100. The van der Waals surface area contributed by atoms with Crippen molar-refractivity contribution in [1.29, 1.82) is 0 Å². The zero-order valence-corrected chi connectivity index (χ0v) is 14.5. The summed E-state index contributed by atoms with van der Waals surface area (Å²) in [6, 6.07) is 13.3. The van der Waals surface area contributed by atoms with Crippen LogP contribution in [-0.2, 0) is 6.54 Å². The van der Waals surface area contributed by atoms with Crippen molar-refractivity contribution >= 4 is 18.1 Å². The van der Waals surface area contributed by atoms with E-state index in [9.17, 15) is 13.6 Å². The molecule has 138 valence electrons. The van der Waals surface area contributed by atoms with Crippen LogP contribution in [-0.4, -0.2) is 16.7 Å². The molecule has 0 saturated carbocycles. The van der Waals surface area contributed by atoms with E-state index in [2.05, 4.69) is 10.3 Å². The van der Waals surface area contributed by atoms with Crippen LogP contribution in [0.2, 0.25) is 0 Å². The largest absolute Gasteiger partial charge is 0.497 e. The van der Waals surface area contributed by atoms with Gasteiger partial charge in [0.05, 0.1) is 13.3 Å². The molecular formula is C20H17F2N3O2. The van der Waals surface area contributed by atoms with E-state index in [0.717, 1.165) is 16.3 Å². The van der Waals surface area contributed by atoms with Gasteiger partial charge in [-0.05, 0) is 29.8 Å². The quantitative estimate of drug-likeness (QED) is 0.719. The maximum atomic E-state index is 14.2. The molecule has 0 spiro atoms. The van der Waals surface area contributed by atoms with E-state index in [4.69, 9.17) is 4.74 Å². The molecule has 0 unspecified atom stereocenters. The lowest BCUT2D eigenvalue weighted by molar-refractivity contribution is 0.415. The van der Waals surface area contributed by atoms with E-state index in [1.54, 1.807) is 55.7 Å². The third kappa shape index (κ3) is 4.58. The second-order valence-electron chi connectivity index (χ2n) is 5.66. The zero-order valence-electron chi connectivity index (χ0n) is 14.5. The van der Waals surface area contributed by atoms with Crippen LogP contribution in [0.25, 0.3) is 12.3 Å². The second-order valence-corrected chi connectivity index (χ2v) is 5.66. The Balaban J connectivity index is 1.75. The summed E-state index contributed by atoms with van der Waals surface area (Å²) in [5.74, 6) is -0.647. The van der Waals surface area contributed by atoms with Crippen molar-refractivity contribution in [2.45, 2.75) is 6.54 Å². The highest BCUT2D eigenvalue weighted by molar-refractivity contribution is 5.61. The Morgan fingerprint density at radius 3 is 2.56 bits per heavy atom. The highest BCUT2D eigenvalue weighted by Gasteiger charge is 2.08. The average Bonchev–Trinajstić information content (AvgIpc) is 2.68. The minimum absolute atomic E-state index is 0.0156. The molecule has 0 atom stereocenters. The normalized spacial score (nSPS) is 10.9. The van der Waals surface area contributed by atoms with Crippen molar-refractivity contribution in [1.82, 2.24) is 9.55 Å². The van der Waals surface area contributed by atoms with Gasteiger partial charge in [-0.15, -0.1) is 0 Å². The maximum Gasteiger partial charge on any atom is 0.353 e. The number of nitrogens with one attached hydrogen (secondary N) is 1. The molecule has 0 saturated heterocycles. The molecule has 0 aliphatic carbocycles. The number of hydrogen-bond acceptors (Lipinski definition) is 4. The molecule has 0 fully saturated rings. The molecular weight excluding hydrogens is 352 g/mol. The number of anilines is 1. The van der Waals surface area contributed by atoms with Gasteiger partial charge in [-0.3, -0.25) is 4.57 Å². The maximum absolute atomic E-state index is 14.2. The van der Waals surface area contributed by atoms with Crippen molar-refractivity contribution in [2.24, 2.45) is 0 Å². The highest BCUT2D eigenvalue weighted by Crippen LogP contribution is 2.14. The number of benzene rings is 2. The summed E-state index contributed by atoms with van der Waals surface area (Å²) in [7, 11) is 1.57. The summed E-state index contributed by atoms with van der Waals surface area (Å²) in [5, 5.41) is 2.65. The minimum Gasteiger partial charge on any atom is -0.497 e. The van der Waals surface area contributed by atoms with Gasteiger partial charge in [0.1, 0.15) is 11.6 Å². The van der Waals surface area contributed by atoms with Gasteiger partial charge in [-0.25, -0.2) is 13.6 Å². The van der Waals surface area contributed by atoms with Gasteiger partial charge in [0.25, 0.3) is 0 Å². The molecule has 7 heteroatoms. The molecule has 0 radical (unpaired) electrons. The van der Waals surface area contributed by atoms with E-state index in [1.807, 2.05) is 0 Å². The first-order chi connectivity index (χ1) is 13.1. The first-order valence-electron chi connectivity index (χ1n) is 8.15. The lowest BCUT2D eigenvalue weighted by Crippen LogP contribution is -2.21. The van der Waals surface area contributed by atoms with Crippen molar-refractivity contribution in [2.75, 3.05) is 12.4 Å². The first-order valence-corrected chi connectivity index (χ1v) is 8.15. The Labute approximate surface area is 154 Å². The van der Waals surface area contributed by atoms with E-state index in [1.165, 1.54) is 12.3 Å². The smallest absolute Gasteiger partial charge is 0.353 e. The lowest BCUT2D eigenvalue weighted by atomic mass is 10.2. The Morgan fingerprint density at radius 2 is 1.85 bits per heavy atom. The van der Waals surface area contributed by atoms with Crippen LogP contribution in [0.3, 0.4) is 0 Å². The van der Waals surface area contributed by atoms with Crippen molar-refractivity contribution < 1.29 is 13.5 Å². The van der Waals surface area contributed by atoms with Gasteiger partial charge < -0.3 is 10.1 Å². The van der Waals surface area contributed by atoms with Gasteiger partial charge in [-0.2, -0.15) is 4.98 Å². The number of methoxy groups -OCH3 is 1. The third-order valence-electron chi connectivity index (χ3n) is 3.85. The second kappa shape index (κ2) is 8.27. The standard InChI is InChI=1S/C20H17F2N3O2/c1-27-16-8-6-14(7-9-16)10-11-25-13-18(22)19(24-20(25)26)23-12-15-4-2-3-5-17(15)21/h2-11,13H,12H2,1H3,(H,23,24,26). The molecule has 1 heterocycles. The SMILES string of the molecule is COc1ccc(C=Cn2cc(F)c(NCc3ccccc3F)nc2=O)cc1. The molecule has 3 aromatic rings. The van der Waals surface area contributed by atoms with Gasteiger partial charge in [0.15, 0.2) is 11.6 Å². The third-order valence-corrected chi connectivity index (χ3v) is 3.85. The Hall–Kier alpha value is -3.48. The minimum atomic E-state index is -0.717. The van der Waals surface area contributed by atoms with Gasteiger partial charge in [0, 0.05) is 18.3 Å². The first kappa shape index (κ1) is 18.3. The molecule has 1 N–H and O–H groups in total. The van der Waals surface area contributed by atoms with Crippen LogP contribution in [0.4, 0.5) is 14.6 Å². The molecule has 0 aliphatic rings. The van der Waals surface area contributed by atoms with Crippen molar-refractivity contribution in [3.8, 4) is 5.75 Å². The fourth-order valence-corrected chi connectivity index (χ4v) is 2.38. The van der Waals surface area contributed by atoms with E-state index in [0.29, 0.717) is 11.3 Å². The molecule has 5 nitrogen and oxygen atoms in total. The van der Waals surface area contributed by atoms with Crippen LogP contribution in [0.5, 0.6) is 5.75 Å². The zero-order chi connectivity index (χ0) is 19.2. The number of hydrogen-bond donors (Lipinski definition) is 1. The van der Waals surface area contributed by atoms with Crippen LogP contribution in [0.15, 0.2) is 59.5 Å². The summed E-state index contributed by atoms with van der Waals surface area (Å²) in [6.45, 7) is 0.0156. The Morgan fingerprint density at radius 1 is 1.11 bits per heavy atom. The number of nitrogens with zero attached hydrogens (tertiary/aromatic N) is 2. The van der Waals surface area contributed by atoms with Crippen LogP contribution >= 0.6 is 0 Å². The monoisotopic (exact) mass is 369 g/mol. The summed E-state index contributed by atoms with van der Waals surface area (Å²) in [6.07, 6.45) is 4.09. The highest BCUT2D eigenvalue weighted by atomic mass is 19.1. The van der Waals surface area contributed by atoms with Crippen LogP contribution in [0.1, 0.15) is 11.1 Å². The van der Waals surface area contributed by atoms with Crippen molar-refractivity contribution in [3.05, 3.63) is 88.0 Å². The number of rotatable bonds is 6. The summed E-state index contributed by atoms with van der Waals surface area (Å²) < 4.78 is 33.9. The predicted octanol–water partition coefficient (Wildman–Crippen LogP) is 3.77. The number of aromatic nitrogens is 2. The van der Waals surface area contributed by atoms with E-state index < -0.39 is 17.3 Å². The average molecular weight is 369 g/mol. The van der Waals surface area contributed by atoms with E-state index in [-0.39, 0.29) is 12.4 Å². The molecule has 0 amide bonds. The lowest BCUT2D eigenvalue weighted by Gasteiger charge is -2.08. The summed E-state index contributed by atoms with van der Waals surface area (Å²) >= 11 is 0. The molecule has 2 aromatic carbocycles. The number of halogens is 2. The molecule has 0 bridgehead atoms. The van der Waals surface area contributed by atoms with Crippen molar-refractivity contribution in [3.63, 3.8) is 0 Å². The van der Waals surface area contributed by atoms with Gasteiger partial charge in [0.2, 0.25) is 0 Å².